The Kier molecular flexibility index (Phi) is 5.38. The van der Waals surface area contributed by atoms with Crippen molar-refractivity contribution < 1.29 is 19.1 Å². The molecule has 3 aliphatic heterocycles. The van der Waals surface area contributed by atoms with Crippen LogP contribution in [-0.2, 0) is 29.7 Å². The predicted molar refractivity (Wildman–Crippen MR) is 131 cm³/mol. The highest BCUT2D eigenvalue weighted by Gasteiger charge is 2.41. The van der Waals surface area contributed by atoms with Gasteiger partial charge in [0.25, 0.3) is 0 Å². The predicted octanol–water partition coefficient (Wildman–Crippen LogP) is 4.71. The van der Waals surface area contributed by atoms with Crippen molar-refractivity contribution >= 4 is 40.9 Å². The molecule has 5 heterocycles. The molecule has 0 radical (unpaired) electrons. The maximum Gasteiger partial charge on any atom is 0.182 e. The molecule has 3 aromatic rings. The number of hydrogen-bond acceptors (Lipinski definition) is 8. The van der Waals surface area contributed by atoms with E-state index in [4.69, 9.17) is 25.6 Å². The van der Waals surface area contributed by atoms with Crippen LogP contribution in [0.5, 0.6) is 5.75 Å². The van der Waals surface area contributed by atoms with Crippen molar-refractivity contribution in [1.29, 1.82) is 0 Å². The van der Waals surface area contributed by atoms with Gasteiger partial charge < -0.3 is 24.4 Å². The summed E-state index contributed by atoms with van der Waals surface area (Å²) in [6.07, 6.45) is 3.27. The molecule has 2 aromatic heterocycles. The first kappa shape index (κ1) is 22.0. The average molecular weight is 498 g/mol. The highest BCUT2D eigenvalue weighted by molar-refractivity contribution is 7.14. The fourth-order valence-electron chi connectivity index (χ4n) is 4.85. The quantitative estimate of drug-likeness (QED) is 0.496. The Morgan fingerprint density at radius 3 is 2.97 bits per heavy atom. The highest BCUT2D eigenvalue weighted by atomic mass is 35.5. The summed E-state index contributed by atoms with van der Waals surface area (Å²) < 4.78 is 17.5. The van der Waals surface area contributed by atoms with Crippen molar-refractivity contribution in [2.75, 3.05) is 19.8 Å². The van der Waals surface area contributed by atoms with E-state index in [1.165, 1.54) is 11.3 Å². The summed E-state index contributed by atoms with van der Waals surface area (Å²) in [6.45, 7) is 7.92. The van der Waals surface area contributed by atoms with Gasteiger partial charge in [-0.15, -0.1) is 11.3 Å². The fraction of sp³-hybridized carbons (Fsp3) is 0.360. The zero-order chi connectivity index (χ0) is 23.4. The number of nitrogens with zero attached hydrogens (tertiary/aromatic N) is 2. The van der Waals surface area contributed by atoms with E-state index < -0.39 is 5.60 Å². The molecule has 0 aliphatic carbocycles. The smallest absolute Gasteiger partial charge is 0.182 e. The molecule has 3 aliphatic rings. The number of ether oxygens (including phenoxy) is 2. The van der Waals surface area contributed by atoms with Crippen LogP contribution >= 0.6 is 22.9 Å². The molecule has 34 heavy (non-hydrogen) atoms. The zero-order valence-corrected chi connectivity index (χ0v) is 20.3. The molecule has 7 nitrogen and oxygen atoms in total. The number of rotatable bonds is 5. The van der Waals surface area contributed by atoms with Crippen molar-refractivity contribution in [3.63, 3.8) is 0 Å². The number of fused-ring (bicyclic) bond motifs is 2. The number of thiophene rings is 1. The van der Waals surface area contributed by atoms with Crippen LogP contribution in [0.1, 0.15) is 50.9 Å². The molecule has 0 spiro atoms. The summed E-state index contributed by atoms with van der Waals surface area (Å²) >= 11 is 8.07. The molecule has 6 rings (SSSR count). The molecule has 0 bridgehead atoms. The molecular weight excluding hydrogens is 474 g/mol. The number of allylic oxidation sites excluding steroid dienone is 1. The number of hydrogen-bond donors (Lipinski definition) is 2. The number of halogens is 1. The molecule has 0 amide bonds. The van der Waals surface area contributed by atoms with Gasteiger partial charge in [0.05, 0.1) is 29.5 Å². The third-order valence-electron chi connectivity index (χ3n) is 6.68. The van der Waals surface area contributed by atoms with E-state index in [2.05, 4.69) is 22.2 Å². The van der Waals surface area contributed by atoms with Gasteiger partial charge >= 0.3 is 0 Å². The Labute approximate surface area is 206 Å². The van der Waals surface area contributed by atoms with E-state index in [9.17, 15) is 5.11 Å². The Hall–Kier alpha value is -2.49. The summed E-state index contributed by atoms with van der Waals surface area (Å²) in [5.74, 6) is 1.56. The van der Waals surface area contributed by atoms with Crippen LogP contribution in [-0.4, -0.2) is 36.7 Å². The van der Waals surface area contributed by atoms with Gasteiger partial charge in [-0.1, -0.05) is 22.8 Å². The second kappa shape index (κ2) is 8.32. The summed E-state index contributed by atoms with van der Waals surface area (Å²) in [7, 11) is 0. The van der Waals surface area contributed by atoms with E-state index in [1.54, 1.807) is 0 Å². The summed E-state index contributed by atoms with van der Waals surface area (Å²) in [6, 6.07) is 5.76. The Morgan fingerprint density at radius 1 is 1.38 bits per heavy atom. The molecule has 1 atom stereocenters. The first-order chi connectivity index (χ1) is 16.5. The van der Waals surface area contributed by atoms with Crippen LogP contribution in [0, 0.1) is 0 Å². The van der Waals surface area contributed by atoms with Crippen LogP contribution in [0.2, 0.25) is 5.02 Å². The van der Waals surface area contributed by atoms with E-state index >= 15 is 0 Å². The number of nitrogens with one attached hydrogen (secondary N) is 1. The number of benzene rings is 1. The van der Waals surface area contributed by atoms with Gasteiger partial charge in [-0.2, -0.15) is 0 Å². The van der Waals surface area contributed by atoms with Gasteiger partial charge in [0, 0.05) is 58.1 Å². The summed E-state index contributed by atoms with van der Waals surface area (Å²) in [5, 5.41) is 19.1. The van der Waals surface area contributed by atoms with Crippen LogP contribution in [0.15, 0.2) is 33.8 Å². The maximum atomic E-state index is 10.8. The maximum absolute atomic E-state index is 10.8. The van der Waals surface area contributed by atoms with Gasteiger partial charge in [0.15, 0.2) is 11.9 Å². The highest BCUT2D eigenvalue weighted by Crippen LogP contribution is 2.49. The molecule has 0 saturated carbocycles. The normalized spacial score (nSPS) is 20.9. The largest absolute Gasteiger partial charge is 0.481 e. The Bertz CT molecular complexity index is 1320. The number of aliphatic hydroxyl groups is 1. The second-order valence-electron chi connectivity index (χ2n) is 8.86. The molecule has 1 fully saturated rings. The van der Waals surface area contributed by atoms with Gasteiger partial charge in [0.1, 0.15) is 11.4 Å². The van der Waals surface area contributed by atoms with E-state index in [1.807, 2.05) is 31.2 Å². The van der Waals surface area contributed by atoms with Gasteiger partial charge in [-0.05, 0) is 31.8 Å². The summed E-state index contributed by atoms with van der Waals surface area (Å²) in [5.41, 5.74) is 4.69. The third-order valence-corrected chi connectivity index (χ3v) is 8.24. The van der Waals surface area contributed by atoms with Crippen molar-refractivity contribution in [2.45, 2.75) is 38.0 Å². The van der Waals surface area contributed by atoms with Crippen LogP contribution in [0.25, 0.3) is 5.57 Å². The first-order valence-electron chi connectivity index (χ1n) is 11.3. The van der Waals surface area contributed by atoms with Gasteiger partial charge in [-0.3, -0.25) is 4.99 Å². The first-order valence-corrected chi connectivity index (χ1v) is 12.5. The fourth-order valence-corrected chi connectivity index (χ4v) is 6.36. The van der Waals surface area contributed by atoms with Gasteiger partial charge in [0.2, 0.25) is 0 Å². The summed E-state index contributed by atoms with van der Waals surface area (Å²) in [4.78, 5) is 5.96. The van der Waals surface area contributed by atoms with E-state index in [-0.39, 0.29) is 19.3 Å². The Balaban J connectivity index is 1.40. The number of aromatic nitrogens is 1. The topological polar surface area (TPSA) is 89.1 Å². The van der Waals surface area contributed by atoms with Crippen LogP contribution < -0.4 is 10.1 Å². The molecule has 176 valence electrons. The molecule has 0 unspecified atom stereocenters. The minimum absolute atomic E-state index is 0.259. The lowest BCUT2D eigenvalue weighted by Crippen LogP contribution is -2.45. The SMILES string of the molecule is C=Nc1cc(C2(O)COC2)sc1/C(=C\C)c1cc(Cl)cc2c1O[C@@H](c1onc3c1CNCC3)C2. The number of aliphatic imine (C=N–C) groups is 1. The molecular formula is C25H24ClN3O4S. The van der Waals surface area contributed by atoms with Crippen molar-refractivity contribution in [2.24, 2.45) is 4.99 Å². The van der Waals surface area contributed by atoms with Crippen molar-refractivity contribution in [3.8, 4) is 5.75 Å². The lowest BCUT2D eigenvalue weighted by molar-refractivity contribution is -0.182. The standard InChI is InChI=1S/C25H24ClN3O4S/c1-3-15(24-19(27-2)9-21(34-24)25(30)11-31-12-25)16-8-14(26)6-13-7-20(32-22(13)16)23-17-10-28-5-4-18(17)29-33-23/h3,6,8-9,20,28,30H,2,4-5,7,10-12H2,1H3/b15-3-/t20-/m1/s1. The minimum Gasteiger partial charge on any atom is -0.481 e. The molecule has 1 aromatic carbocycles. The van der Waals surface area contributed by atoms with Crippen molar-refractivity contribution in [1.82, 2.24) is 10.5 Å². The van der Waals surface area contributed by atoms with E-state index in [0.29, 0.717) is 17.1 Å². The monoisotopic (exact) mass is 497 g/mol. The molecule has 1 saturated heterocycles. The third kappa shape index (κ3) is 3.44. The second-order valence-corrected chi connectivity index (χ2v) is 10.3. The molecule has 9 heteroatoms. The lowest BCUT2D eigenvalue weighted by atomic mass is 9.97. The lowest BCUT2D eigenvalue weighted by Gasteiger charge is -2.35. The van der Waals surface area contributed by atoms with E-state index in [0.717, 1.165) is 68.7 Å². The average Bonchev–Trinajstić information content (AvgIpc) is 3.54. The Morgan fingerprint density at radius 2 is 2.24 bits per heavy atom. The minimum atomic E-state index is -0.974. The van der Waals surface area contributed by atoms with Crippen molar-refractivity contribution in [3.05, 3.63) is 67.2 Å². The molecule has 2 N–H and O–H groups in total. The van der Waals surface area contributed by atoms with Crippen LogP contribution in [0.4, 0.5) is 5.69 Å². The zero-order valence-electron chi connectivity index (χ0n) is 18.7. The van der Waals surface area contributed by atoms with Crippen LogP contribution in [0.3, 0.4) is 0 Å². The van der Waals surface area contributed by atoms with Gasteiger partial charge in [-0.25, -0.2) is 0 Å².